The van der Waals surface area contributed by atoms with Gasteiger partial charge in [-0.1, -0.05) is 0 Å². The van der Waals surface area contributed by atoms with E-state index in [2.05, 4.69) is 19.6 Å². The van der Waals surface area contributed by atoms with Crippen molar-refractivity contribution >= 4 is 22.7 Å². The van der Waals surface area contributed by atoms with E-state index in [0.29, 0.717) is 13.2 Å². The quantitative estimate of drug-likeness (QED) is 0.703. The molecule has 0 aromatic heterocycles. The van der Waals surface area contributed by atoms with Gasteiger partial charge in [0.1, 0.15) is 0 Å². The van der Waals surface area contributed by atoms with Crippen molar-refractivity contribution in [1.82, 2.24) is 3.92 Å². The number of hydrogen-bond acceptors (Lipinski definition) is 3. The molecule has 0 aromatic carbocycles. The Bertz CT molecular complexity index is 189. The van der Waals surface area contributed by atoms with E-state index in [1.807, 2.05) is 3.92 Å². The van der Waals surface area contributed by atoms with Gasteiger partial charge in [-0.05, 0) is 0 Å². The van der Waals surface area contributed by atoms with Crippen LogP contribution in [0.3, 0.4) is 0 Å². The minimum absolute atomic E-state index is 0.678. The molecule has 0 aliphatic carbocycles. The predicted octanol–water partition coefficient (Wildman–Crippen LogP) is 0.585. The van der Waals surface area contributed by atoms with Gasteiger partial charge in [0.05, 0.1) is 0 Å². The summed E-state index contributed by atoms with van der Waals surface area (Å²) < 4.78 is 24.4. The molecule has 0 aromatic rings. The predicted molar refractivity (Wildman–Crippen MR) is 53.3 cm³/mol. The Kier molecular flexibility index (Phi) is 4.22. The van der Waals surface area contributed by atoms with Crippen LogP contribution < -0.4 is 0 Å². The number of rotatable bonds is 3. The van der Waals surface area contributed by atoms with Gasteiger partial charge in [0.25, 0.3) is 0 Å². The number of nitrogens with zero attached hydrogens (tertiary/aromatic N) is 1. The van der Waals surface area contributed by atoms with Gasteiger partial charge in [-0.3, -0.25) is 0 Å². The van der Waals surface area contributed by atoms with E-state index in [1.165, 1.54) is 0 Å². The van der Waals surface area contributed by atoms with Gasteiger partial charge in [0.15, 0.2) is 0 Å². The van der Waals surface area contributed by atoms with Crippen LogP contribution in [0.5, 0.6) is 0 Å². The Morgan fingerprint density at radius 2 is 1.85 bits per heavy atom. The maximum absolute atomic E-state index is 11.7. The van der Waals surface area contributed by atoms with E-state index in [4.69, 9.17) is 8.25 Å². The molecule has 0 spiro atoms. The van der Waals surface area contributed by atoms with Gasteiger partial charge in [-0.2, -0.15) is 0 Å². The Morgan fingerprint density at radius 1 is 1.31 bits per heavy atom. The van der Waals surface area contributed by atoms with Crippen LogP contribution in [0.2, 0.25) is 19.6 Å². The standard InChI is InChI=1S/C7H17NO3SeSi/c1-13(2,3)11-12(9)8-4-6-10-7-5-8/h4-7H2,1-3H3. The fraction of sp³-hybridized carbons (Fsp3) is 1.00. The normalized spacial score (nSPS) is 23.0. The summed E-state index contributed by atoms with van der Waals surface area (Å²) in [6.07, 6.45) is 0. The summed E-state index contributed by atoms with van der Waals surface area (Å²) in [4.78, 5) is 0. The summed E-state index contributed by atoms with van der Waals surface area (Å²) in [5.74, 6) is 0. The first-order chi connectivity index (χ1) is 5.99. The van der Waals surface area contributed by atoms with Crippen LogP contribution in [0.15, 0.2) is 0 Å². The summed E-state index contributed by atoms with van der Waals surface area (Å²) in [5, 5.41) is 0. The zero-order chi connectivity index (χ0) is 9.90. The molecule has 1 rings (SSSR count). The third-order valence-electron chi connectivity index (χ3n) is 1.50. The van der Waals surface area contributed by atoms with Crippen LogP contribution >= 0.6 is 0 Å². The fourth-order valence-corrected chi connectivity index (χ4v) is 5.79. The van der Waals surface area contributed by atoms with Crippen LogP contribution in [0, 0.1) is 0 Å². The van der Waals surface area contributed by atoms with E-state index in [1.54, 1.807) is 0 Å². The molecule has 1 aliphatic heterocycles. The van der Waals surface area contributed by atoms with Crippen LogP contribution in [0.1, 0.15) is 0 Å². The van der Waals surface area contributed by atoms with Gasteiger partial charge in [0.2, 0.25) is 0 Å². The molecule has 13 heavy (non-hydrogen) atoms. The van der Waals surface area contributed by atoms with E-state index < -0.39 is 22.7 Å². The molecule has 78 valence electrons. The summed E-state index contributed by atoms with van der Waals surface area (Å²) in [6.45, 7) is 9.03. The monoisotopic (exact) mass is 271 g/mol. The van der Waals surface area contributed by atoms with Crippen LogP contribution in [0.4, 0.5) is 0 Å². The fourth-order valence-electron chi connectivity index (χ4n) is 0.962. The molecule has 1 fully saturated rings. The zero-order valence-electron chi connectivity index (χ0n) is 8.41. The first-order valence-electron chi connectivity index (χ1n) is 4.43. The van der Waals surface area contributed by atoms with Crippen LogP contribution in [0.25, 0.3) is 0 Å². The minimum atomic E-state index is -2.21. The van der Waals surface area contributed by atoms with Crippen molar-refractivity contribution in [2.24, 2.45) is 0 Å². The van der Waals surface area contributed by atoms with Crippen molar-refractivity contribution in [2.75, 3.05) is 26.3 Å². The van der Waals surface area contributed by atoms with E-state index in [0.717, 1.165) is 13.1 Å². The van der Waals surface area contributed by atoms with Crippen molar-refractivity contribution in [3.63, 3.8) is 0 Å². The van der Waals surface area contributed by atoms with Crippen LogP contribution in [-0.2, 0) is 12.1 Å². The van der Waals surface area contributed by atoms with Crippen molar-refractivity contribution in [3.05, 3.63) is 0 Å². The summed E-state index contributed by atoms with van der Waals surface area (Å²) in [7, 11) is -1.64. The molecule has 1 unspecified atom stereocenters. The Hall–Kier alpha value is 0.416. The van der Waals surface area contributed by atoms with Crippen LogP contribution in [-0.4, -0.2) is 52.9 Å². The second kappa shape index (κ2) is 4.77. The third-order valence-corrected chi connectivity index (χ3v) is 7.84. The maximum atomic E-state index is 11.7. The molecule has 0 N–H and O–H groups in total. The molecule has 1 aliphatic rings. The average molecular weight is 270 g/mol. The second-order valence-corrected chi connectivity index (χ2v) is 11.4. The van der Waals surface area contributed by atoms with Gasteiger partial charge < -0.3 is 0 Å². The van der Waals surface area contributed by atoms with E-state index in [9.17, 15) is 3.83 Å². The second-order valence-electron chi connectivity index (χ2n) is 3.95. The molecule has 1 atom stereocenters. The topological polar surface area (TPSA) is 38.8 Å². The molecular weight excluding hydrogens is 253 g/mol. The van der Waals surface area contributed by atoms with Gasteiger partial charge >= 0.3 is 84.6 Å². The van der Waals surface area contributed by atoms with Crippen molar-refractivity contribution in [3.8, 4) is 0 Å². The SMILES string of the molecule is C[Si](C)(C)O[Se](=O)N1CCOCC1. The van der Waals surface area contributed by atoms with Crippen molar-refractivity contribution < 1.29 is 12.1 Å². The molecule has 6 heteroatoms. The molecule has 0 amide bonds. The van der Waals surface area contributed by atoms with Crippen molar-refractivity contribution in [2.45, 2.75) is 19.6 Å². The Labute approximate surface area is 84.9 Å². The van der Waals surface area contributed by atoms with Gasteiger partial charge in [-0.15, -0.1) is 0 Å². The summed E-state index contributed by atoms with van der Waals surface area (Å²) in [6, 6.07) is 0. The average Bonchev–Trinajstić information content (AvgIpc) is 2.03. The molecule has 1 heterocycles. The molecule has 0 radical (unpaired) electrons. The first-order valence-corrected chi connectivity index (χ1v) is 10.0. The molecular formula is C7H17NO3SeSi. The molecule has 4 nitrogen and oxygen atoms in total. The molecule has 0 bridgehead atoms. The number of morpholine rings is 1. The Balaban J connectivity index is 2.38. The summed E-state index contributed by atoms with van der Waals surface area (Å²) in [5.41, 5.74) is 0. The van der Waals surface area contributed by atoms with Gasteiger partial charge in [-0.25, -0.2) is 0 Å². The van der Waals surface area contributed by atoms with Crippen molar-refractivity contribution in [1.29, 1.82) is 0 Å². The van der Waals surface area contributed by atoms with E-state index in [-0.39, 0.29) is 0 Å². The third kappa shape index (κ3) is 4.44. The summed E-state index contributed by atoms with van der Waals surface area (Å²) >= 11 is -2.21. The first kappa shape index (κ1) is 11.5. The Morgan fingerprint density at radius 3 is 2.31 bits per heavy atom. The number of hydrogen-bond donors (Lipinski definition) is 0. The molecule has 0 saturated carbocycles. The number of ether oxygens (including phenoxy) is 1. The molecule has 1 saturated heterocycles. The zero-order valence-corrected chi connectivity index (χ0v) is 11.1. The van der Waals surface area contributed by atoms with Gasteiger partial charge in [0, 0.05) is 0 Å². The van der Waals surface area contributed by atoms with E-state index >= 15 is 0 Å².